The largest absolute Gasteiger partial charge is 0.497 e. The number of nitrogens with one attached hydrogen (secondary N) is 1. The van der Waals surface area contributed by atoms with Crippen molar-refractivity contribution in [3.05, 3.63) is 29.8 Å². The van der Waals surface area contributed by atoms with Crippen LogP contribution in [0, 0.1) is 5.92 Å². The van der Waals surface area contributed by atoms with Gasteiger partial charge in [-0.05, 0) is 49.3 Å². The molecule has 0 radical (unpaired) electrons. The highest BCUT2D eigenvalue weighted by atomic mass is 16.5. The maximum absolute atomic E-state index is 11.6. The van der Waals surface area contributed by atoms with E-state index in [-0.39, 0.29) is 6.09 Å². The van der Waals surface area contributed by atoms with Crippen LogP contribution >= 0.6 is 0 Å². The fraction of sp³-hybridized carbons (Fsp3) is 0.611. The summed E-state index contributed by atoms with van der Waals surface area (Å²) in [4.78, 5) is 13.4. The number of likely N-dealkylation sites (tertiary alicyclic amines) is 1. The summed E-state index contributed by atoms with van der Waals surface area (Å²) < 4.78 is 10.2. The SMILES string of the molecule is COC(=O)N1CCC(N[C@@H](c2cccc(OC)c2)C2CC2)CC1. The molecule has 0 unspecified atom stereocenters. The van der Waals surface area contributed by atoms with Crippen molar-refractivity contribution in [3.8, 4) is 5.75 Å². The van der Waals surface area contributed by atoms with Crippen molar-refractivity contribution in [2.75, 3.05) is 27.3 Å². The minimum absolute atomic E-state index is 0.213. The summed E-state index contributed by atoms with van der Waals surface area (Å²) in [6.45, 7) is 1.53. The molecule has 1 saturated carbocycles. The minimum Gasteiger partial charge on any atom is -0.497 e. The zero-order chi connectivity index (χ0) is 16.2. The second-order valence-electron chi connectivity index (χ2n) is 6.49. The standard InChI is InChI=1S/C18H26N2O3/c1-22-16-5-3-4-14(12-16)17(13-6-7-13)19-15-8-10-20(11-9-15)18(21)23-2/h3-5,12-13,15,17,19H,6-11H2,1-2H3/t17-/m1/s1. The lowest BCUT2D eigenvalue weighted by Gasteiger charge is -2.34. The van der Waals surface area contributed by atoms with Crippen molar-refractivity contribution in [1.29, 1.82) is 0 Å². The van der Waals surface area contributed by atoms with Gasteiger partial charge in [-0.25, -0.2) is 4.79 Å². The van der Waals surface area contributed by atoms with Gasteiger partial charge in [-0.15, -0.1) is 0 Å². The first kappa shape index (κ1) is 16.1. The molecule has 1 N–H and O–H groups in total. The Morgan fingerprint density at radius 1 is 1.22 bits per heavy atom. The van der Waals surface area contributed by atoms with Gasteiger partial charge in [-0.3, -0.25) is 0 Å². The average Bonchev–Trinajstić information content (AvgIpc) is 3.44. The second-order valence-corrected chi connectivity index (χ2v) is 6.49. The number of rotatable bonds is 5. The van der Waals surface area contributed by atoms with Crippen LogP contribution in [0.2, 0.25) is 0 Å². The molecule has 3 rings (SSSR count). The normalized spacial score (nSPS) is 20.2. The molecule has 2 fully saturated rings. The fourth-order valence-corrected chi connectivity index (χ4v) is 3.38. The van der Waals surface area contributed by atoms with Crippen LogP contribution in [0.15, 0.2) is 24.3 Å². The Morgan fingerprint density at radius 3 is 2.57 bits per heavy atom. The molecular formula is C18H26N2O3. The molecule has 126 valence electrons. The highest BCUT2D eigenvalue weighted by molar-refractivity contribution is 5.67. The predicted molar refractivity (Wildman–Crippen MR) is 88.6 cm³/mol. The molecule has 1 atom stereocenters. The number of ether oxygens (including phenoxy) is 2. The van der Waals surface area contributed by atoms with Crippen LogP contribution in [0.5, 0.6) is 5.75 Å². The summed E-state index contributed by atoms with van der Waals surface area (Å²) in [5.41, 5.74) is 1.31. The smallest absolute Gasteiger partial charge is 0.409 e. The molecule has 1 heterocycles. The maximum atomic E-state index is 11.6. The molecule has 1 aromatic carbocycles. The monoisotopic (exact) mass is 318 g/mol. The summed E-state index contributed by atoms with van der Waals surface area (Å²) >= 11 is 0. The lowest BCUT2D eigenvalue weighted by molar-refractivity contribution is 0.108. The highest BCUT2D eigenvalue weighted by Gasteiger charge is 2.34. The van der Waals surface area contributed by atoms with Crippen LogP contribution in [-0.2, 0) is 4.74 Å². The Bertz CT molecular complexity index is 537. The first-order valence-corrected chi connectivity index (χ1v) is 8.44. The molecule has 2 aliphatic rings. The third kappa shape index (κ3) is 3.96. The van der Waals surface area contributed by atoms with Gasteiger partial charge in [0.05, 0.1) is 14.2 Å². The van der Waals surface area contributed by atoms with Crippen LogP contribution in [0.1, 0.15) is 37.3 Å². The van der Waals surface area contributed by atoms with Gasteiger partial charge in [-0.2, -0.15) is 0 Å². The lowest BCUT2D eigenvalue weighted by atomic mass is 9.98. The molecule has 1 amide bonds. The number of nitrogens with zero attached hydrogens (tertiary/aromatic N) is 1. The first-order valence-electron chi connectivity index (χ1n) is 8.44. The van der Waals surface area contributed by atoms with Crippen molar-refractivity contribution in [1.82, 2.24) is 10.2 Å². The lowest BCUT2D eigenvalue weighted by Crippen LogP contribution is -2.46. The van der Waals surface area contributed by atoms with Crippen molar-refractivity contribution < 1.29 is 14.3 Å². The number of carbonyl (C=O) groups is 1. The Balaban J connectivity index is 1.61. The summed E-state index contributed by atoms with van der Waals surface area (Å²) in [7, 11) is 3.15. The fourth-order valence-electron chi connectivity index (χ4n) is 3.38. The van der Waals surface area contributed by atoms with Crippen molar-refractivity contribution in [2.45, 2.75) is 37.8 Å². The topological polar surface area (TPSA) is 50.8 Å². The predicted octanol–water partition coefficient (Wildman–Crippen LogP) is 2.97. The molecule has 1 aliphatic carbocycles. The molecule has 1 aliphatic heterocycles. The van der Waals surface area contributed by atoms with E-state index in [2.05, 4.69) is 23.5 Å². The van der Waals surface area contributed by atoms with E-state index in [4.69, 9.17) is 9.47 Å². The van der Waals surface area contributed by atoms with Gasteiger partial charge in [-0.1, -0.05) is 12.1 Å². The van der Waals surface area contributed by atoms with E-state index in [1.54, 1.807) is 12.0 Å². The van der Waals surface area contributed by atoms with Gasteiger partial charge < -0.3 is 19.7 Å². The molecule has 5 heteroatoms. The number of piperidine rings is 1. The first-order chi connectivity index (χ1) is 11.2. The molecular weight excluding hydrogens is 292 g/mol. The Hall–Kier alpha value is -1.75. The minimum atomic E-state index is -0.213. The van der Waals surface area contributed by atoms with E-state index in [0.29, 0.717) is 12.1 Å². The summed E-state index contributed by atoms with van der Waals surface area (Å²) in [5.74, 6) is 1.64. The van der Waals surface area contributed by atoms with Crippen molar-refractivity contribution >= 4 is 6.09 Å². The molecule has 5 nitrogen and oxygen atoms in total. The van der Waals surface area contributed by atoms with E-state index in [0.717, 1.165) is 37.6 Å². The van der Waals surface area contributed by atoms with E-state index in [1.807, 2.05) is 6.07 Å². The molecule has 0 bridgehead atoms. The maximum Gasteiger partial charge on any atom is 0.409 e. The van der Waals surface area contributed by atoms with Gasteiger partial charge in [0.15, 0.2) is 0 Å². The van der Waals surface area contributed by atoms with Crippen LogP contribution in [0.25, 0.3) is 0 Å². The number of hydrogen-bond acceptors (Lipinski definition) is 4. The van der Waals surface area contributed by atoms with Crippen LogP contribution in [0.4, 0.5) is 4.79 Å². The molecule has 1 aromatic rings. The van der Waals surface area contributed by atoms with Crippen molar-refractivity contribution in [3.63, 3.8) is 0 Å². The van der Waals surface area contributed by atoms with E-state index in [1.165, 1.54) is 25.5 Å². The van der Waals surface area contributed by atoms with Gasteiger partial charge in [0.1, 0.15) is 5.75 Å². The third-order valence-corrected chi connectivity index (χ3v) is 4.89. The summed E-state index contributed by atoms with van der Waals surface area (Å²) in [6, 6.07) is 9.21. The molecule has 0 aromatic heterocycles. The van der Waals surface area contributed by atoms with Crippen LogP contribution in [0.3, 0.4) is 0 Å². The van der Waals surface area contributed by atoms with Crippen molar-refractivity contribution in [2.24, 2.45) is 5.92 Å². The third-order valence-electron chi connectivity index (χ3n) is 4.89. The Kier molecular flexibility index (Phi) is 5.06. The zero-order valence-corrected chi connectivity index (χ0v) is 14.0. The quantitative estimate of drug-likeness (QED) is 0.907. The summed E-state index contributed by atoms with van der Waals surface area (Å²) in [5, 5.41) is 3.83. The van der Waals surface area contributed by atoms with E-state index < -0.39 is 0 Å². The van der Waals surface area contributed by atoms with Crippen LogP contribution in [-0.4, -0.2) is 44.3 Å². The average molecular weight is 318 g/mol. The van der Waals surface area contributed by atoms with Crippen LogP contribution < -0.4 is 10.1 Å². The number of amides is 1. The second kappa shape index (κ2) is 7.21. The van der Waals surface area contributed by atoms with Gasteiger partial charge in [0.25, 0.3) is 0 Å². The summed E-state index contributed by atoms with van der Waals surface area (Å²) in [6.07, 6.45) is 4.31. The Morgan fingerprint density at radius 2 is 1.96 bits per heavy atom. The molecule has 0 spiro atoms. The highest BCUT2D eigenvalue weighted by Crippen LogP contribution is 2.42. The van der Waals surface area contributed by atoms with E-state index >= 15 is 0 Å². The number of hydrogen-bond donors (Lipinski definition) is 1. The zero-order valence-electron chi connectivity index (χ0n) is 14.0. The van der Waals surface area contributed by atoms with Gasteiger partial charge in [0.2, 0.25) is 0 Å². The number of carbonyl (C=O) groups excluding carboxylic acids is 1. The Labute approximate surface area is 137 Å². The molecule has 23 heavy (non-hydrogen) atoms. The number of benzene rings is 1. The van der Waals surface area contributed by atoms with Gasteiger partial charge >= 0.3 is 6.09 Å². The van der Waals surface area contributed by atoms with E-state index in [9.17, 15) is 4.79 Å². The molecule has 1 saturated heterocycles. The number of methoxy groups -OCH3 is 2. The van der Waals surface area contributed by atoms with Gasteiger partial charge in [0, 0.05) is 25.2 Å².